The minimum atomic E-state index is 0.492. The minimum Gasteiger partial charge on any atom is -0.235 e. The molecule has 0 radical (unpaired) electrons. The van der Waals surface area contributed by atoms with Crippen LogP contribution in [0.3, 0.4) is 0 Å². The monoisotopic (exact) mass is 408 g/mol. The zero-order chi connectivity index (χ0) is 11.7. The molecule has 2 rings (SSSR count). The van der Waals surface area contributed by atoms with Crippen molar-refractivity contribution in [3.8, 4) is 11.4 Å². The fourth-order valence-corrected chi connectivity index (χ4v) is 1.90. The molecule has 1 aromatic heterocycles. The van der Waals surface area contributed by atoms with Gasteiger partial charge in [0.2, 0.25) is 0 Å². The Kier molecular flexibility index (Phi) is 3.81. The minimum absolute atomic E-state index is 0.492. The highest BCUT2D eigenvalue weighted by Crippen LogP contribution is 2.24. The average molecular weight is 409 g/mol. The van der Waals surface area contributed by atoms with E-state index >= 15 is 0 Å². The van der Waals surface area contributed by atoms with E-state index in [-0.39, 0.29) is 0 Å². The Morgan fingerprint density at radius 3 is 2.75 bits per heavy atom. The second-order valence-electron chi connectivity index (χ2n) is 3.30. The molecule has 1 aromatic carbocycles. The fraction of sp³-hybridized carbons (Fsp3) is 0.0909. The summed E-state index contributed by atoms with van der Waals surface area (Å²) in [4.78, 5) is 8.51. The van der Waals surface area contributed by atoms with E-state index < -0.39 is 0 Å². The second kappa shape index (κ2) is 4.98. The molecule has 2 aromatic rings. The first kappa shape index (κ1) is 12.3. The average Bonchev–Trinajstić information content (AvgIpc) is 2.26. The van der Waals surface area contributed by atoms with E-state index in [1.165, 1.54) is 0 Å². The number of nitrogens with zero attached hydrogens (tertiary/aromatic N) is 2. The fourth-order valence-electron chi connectivity index (χ4n) is 1.27. The van der Waals surface area contributed by atoms with Gasteiger partial charge >= 0.3 is 0 Å². The zero-order valence-electron chi connectivity index (χ0n) is 8.34. The summed E-state index contributed by atoms with van der Waals surface area (Å²) in [6, 6.07) is 5.98. The maximum atomic E-state index is 5.97. The summed E-state index contributed by atoms with van der Waals surface area (Å²) in [6.45, 7) is 2.03. The van der Waals surface area contributed by atoms with Crippen LogP contribution in [0.25, 0.3) is 11.4 Å². The van der Waals surface area contributed by atoms with Crippen molar-refractivity contribution in [2.75, 3.05) is 0 Å². The molecule has 0 amide bonds. The third-order valence-electron chi connectivity index (χ3n) is 2.12. The Bertz CT molecular complexity index is 496. The molecular weight excluding hydrogens is 402 g/mol. The van der Waals surface area contributed by atoms with Crippen LogP contribution in [0.1, 0.15) is 5.56 Å². The number of rotatable bonds is 1. The summed E-state index contributed by atoms with van der Waals surface area (Å²) in [6.07, 6.45) is 1.72. The van der Waals surface area contributed by atoms with Gasteiger partial charge < -0.3 is 0 Å². The lowest BCUT2D eigenvalue weighted by Crippen LogP contribution is -1.92. The summed E-state index contributed by atoms with van der Waals surface area (Å²) in [5.74, 6) is 0.654. The van der Waals surface area contributed by atoms with E-state index in [1.807, 2.05) is 25.1 Å². The van der Waals surface area contributed by atoms with E-state index in [2.05, 4.69) is 48.5 Å². The molecule has 0 unspecified atom stereocenters. The smallest absolute Gasteiger partial charge is 0.160 e. The molecule has 0 aliphatic rings. The van der Waals surface area contributed by atoms with Gasteiger partial charge in [0.1, 0.15) is 5.15 Å². The van der Waals surface area contributed by atoms with E-state index in [4.69, 9.17) is 11.6 Å². The standard InChI is InChI=1S/C11H7BrClIN2/c1-6-4-7(2-3-8(6)12)11-15-5-9(14)10(13)16-11/h2-5H,1H3. The second-order valence-corrected chi connectivity index (χ2v) is 5.67. The van der Waals surface area contributed by atoms with Crippen molar-refractivity contribution < 1.29 is 0 Å². The SMILES string of the molecule is Cc1cc(-c2ncc(I)c(Cl)n2)ccc1Br. The van der Waals surface area contributed by atoms with Gasteiger partial charge in [0.05, 0.1) is 3.57 Å². The molecule has 0 bridgehead atoms. The quantitative estimate of drug-likeness (QED) is 0.513. The first-order valence-corrected chi connectivity index (χ1v) is 6.77. The molecule has 0 spiro atoms. The van der Waals surface area contributed by atoms with Crippen LogP contribution >= 0.6 is 50.1 Å². The van der Waals surface area contributed by atoms with Crippen molar-refractivity contribution in [3.63, 3.8) is 0 Å². The highest BCUT2D eigenvalue weighted by Gasteiger charge is 2.06. The lowest BCUT2D eigenvalue weighted by Gasteiger charge is -2.04. The Morgan fingerprint density at radius 2 is 2.12 bits per heavy atom. The Balaban J connectivity index is 2.50. The molecule has 0 saturated carbocycles. The van der Waals surface area contributed by atoms with Crippen LogP contribution in [-0.2, 0) is 0 Å². The molecule has 82 valence electrons. The number of aromatic nitrogens is 2. The first-order chi connectivity index (χ1) is 7.58. The Morgan fingerprint density at radius 1 is 1.38 bits per heavy atom. The maximum absolute atomic E-state index is 5.97. The van der Waals surface area contributed by atoms with Crippen LogP contribution in [0.5, 0.6) is 0 Å². The largest absolute Gasteiger partial charge is 0.235 e. The van der Waals surface area contributed by atoms with Crippen molar-refractivity contribution in [2.45, 2.75) is 6.92 Å². The van der Waals surface area contributed by atoms with Gasteiger partial charge in [-0.05, 0) is 47.2 Å². The molecule has 0 aliphatic heterocycles. The molecule has 5 heteroatoms. The predicted octanol–water partition coefficient (Wildman–Crippen LogP) is 4.47. The number of halogens is 3. The molecule has 2 nitrogen and oxygen atoms in total. The Labute approximate surface area is 121 Å². The van der Waals surface area contributed by atoms with Crippen LogP contribution in [0.4, 0.5) is 0 Å². The van der Waals surface area contributed by atoms with Gasteiger partial charge in [-0.25, -0.2) is 9.97 Å². The van der Waals surface area contributed by atoms with E-state index in [9.17, 15) is 0 Å². The Hall–Kier alpha value is -0.200. The summed E-state index contributed by atoms with van der Waals surface area (Å²) >= 11 is 11.5. The number of aryl methyl sites for hydroxylation is 1. The van der Waals surface area contributed by atoms with Crippen LogP contribution in [0.2, 0.25) is 5.15 Å². The van der Waals surface area contributed by atoms with Crippen LogP contribution in [0, 0.1) is 10.5 Å². The van der Waals surface area contributed by atoms with Crippen LogP contribution in [-0.4, -0.2) is 9.97 Å². The van der Waals surface area contributed by atoms with Crippen molar-refractivity contribution >= 4 is 50.1 Å². The molecule has 0 aliphatic carbocycles. The number of hydrogen-bond donors (Lipinski definition) is 0. The number of hydrogen-bond acceptors (Lipinski definition) is 2. The maximum Gasteiger partial charge on any atom is 0.160 e. The van der Waals surface area contributed by atoms with Crippen LogP contribution in [0.15, 0.2) is 28.9 Å². The van der Waals surface area contributed by atoms with E-state index in [1.54, 1.807) is 6.20 Å². The van der Waals surface area contributed by atoms with Gasteiger partial charge in [0, 0.05) is 16.2 Å². The highest BCUT2D eigenvalue weighted by atomic mass is 127. The number of benzene rings is 1. The molecule has 0 N–H and O–H groups in total. The van der Waals surface area contributed by atoms with E-state index in [0.29, 0.717) is 11.0 Å². The summed E-state index contributed by atoms with van der Waals surface area (Å²) in [5.41, 5.74) is 2.12. The summed E-state index contributed by atoms with van der Waals surface area (Å²) in [5, 5.41) is 0.492. The molecular formula is C11H7BrClIN2. The normalized spacial score (nSPS) is 10.5. The van der Waals surface area contributed by atoms with Gasteiger partial charge in [-0.2, -0.15) is 0 Å². The first-order valence-electron chi connectivity index (χ1n) is 4.52. The predicted molar refractivity (Wildman–Crippen MR) is 77.6 cm³/mol. The third-order valence-corrected chi connectivity index (χ3v) is 4.40. The van der Waals surface area contributed by atoms with Crippen molar-refractivity contribution in [1.82, 2.24) is 9.97 Å². The molecule has 1 heterocycles. The van der Waals surface area contributed by atoms with Gasteiger partial charge in [-0.1, -0.05) is 33.6 Å². The van der Waals surface area contributed by atoms with E-state index in [0.717, 1.165) is 19.2 Å². The lowest BCUT2D eigenvalue weighted by molar-refractivity contribution is 1.16. The van der Waals surface area contributed by atoms with Gasteiger partial charge in [0.25, 0.3) is 0 Å². The zero-order valence-corrected chi connectivity index (χ0v) is 12.8. The van der Waals surface area contributed by atoms with Gasteiger partial charge in [-0.15, -0.1) is 0 Å². The molecule has 0 atom stereocenters. The van der Waals surface area contributed by atoms with Crippen molar-refractivity contribution in [3.05, 3.63) is 43.2 Å². The molecule has 16 heavy (non-hydrogen) atoms. The van der Waals surface area contributed by atoms with Crippen LogP contribution < -0.4 is 0 Å². The topological polar surface area (TPSA) is 25.8 Å². The summed E-state index contributed by atoms with van der Waals surface area (Å²) < 4.78 is 1.93. The van der Waals surface area contributed by atoms with Gasteiger partial charge in [0.15, 0.2) is 5.82 Å². The lowest BCUT2D eigenvalue weighted by atomic mass is 10.1. The van der Waals surface area contributed by atoms with Gasteiger partial charge in [-0.3, -0.25) is 0 Å². The molecule has 0 fully saturated rings. The highest BCUT2D eigenvalue weighted by molar-refractivity contribution is 14.1. The summed E-state index contributed by atoms with van der Waals surface area (Å²) in [7, 11) is 0. The molecule has 0 saturated heterocycles. The van der Waals surface area contributed by atoms with Crippen molar-refractivity contribution in [2.24, 2.45) is 0 Å². The van der Waals surface area contributed by atoms with Crippen molar-refractivity contribution in [1.29, 1.82) is 0 Å². The third kappa shape index (κ3) is 2.55.